The number of para-hydroxylation sites is 1. The van der Waals surface area contributed by atoms with Gasteiger partial charge in [-0.3, -0.25) is 14.5 Å². The molecular weight excluding hydrogens is 1020 g/mol. The predicted octanol–water partition coefficient (Wildman–Crippen LogP) is 9.02. The number of piperidine rings is 2. The van der Waals surface area contributed by atoms with Crippen LogP contribution in [0.1, 0.15) is 79.8 Å². The summed E-state index contributed by atoms with van der Waals surface area (Å²) < 4.78 is 112. The number of amides is 1. The maximum absolute atomic E-state index is 15.6. The topological polar surface area (TPSA) is 189 Å². The summed E-state index contributed by atoms with van der Waals surface area (Å²) in [6, 6.07) is 28.6. The summed E-state index contributed by atoms with van der Waals surface area (Å²) in [6.07, 6.45) is 10.9. The zero-order valence-electron chi connectivity index (χ0n) is 42.2. The Morgan fingerprint density at radius 2 is 1.37 bits per heavy atom. The molecule has 2 aliphatic heterocycles. The van der Waals surface area contributed by atoms with Gasteiger partial charge in [-0.1, -0.05) is 38.0 Å². The van der Waals surface area contributed by atoms with Gasteiger partial charge in [-0.2, -0.15) is 4.31 Å². The zero-order chi connectivity index (χ0) is 52.9. The minimum atomic E-state index is -4.23. The van der Waals surface area contributed by atoms with Crippen LogP contribution >= 0.6 is 0 Å². The van der Waals surface area contributed by atoms with Crippen molar-refractivity contribution in [1.29, 1.82) is 0 Å². The average Bonchev–Trinajstić information content (AvgIpc) is 3.95. The third-order valence-electron chi connectivity index (χ3n) is 14.2. The fourth-order valence-corrected chi connectivity index (χ4v) is 13.2. The van der Waals surface area contributed by atoms with Crippen LogP contribution in [0.3, 0.4) is 0 Å². The van der Waals surface area contributed by atoms with E-state index in [1.807, 2.05) is 24.0 Å². The van der Waals surface area contributed by atoms with E-state index in [2.05, 4.69) is 37.8 Å². The number of ether oxygens (including phenoxy) is 2. The second-order valence-corrected chi connectivity index (χ2v) is 25.3. The first kappa shape index (κ1) is 53.2. The van der Waals surface area contributed by atoms with Crippen molar-refractivity contribution in [3.05, 3.63) is 150 Å². The van der Waals surface area contributed by atoms with Crippen LogP contribution in [0.5, 0.6) is 11.6 Å². The SMILES string of the molecule is CCS(=O)(=O)c1ccc(S(=O)(=O)Nc2cccc(F)c2N2CCC(Oc3ncccc3CN(C)S(=O)(=O)c3ccc(C(=O)N(c4cc(C)ccc4N4CCC(Oc5cccnc5)CC4)C4CCCC4)cc3)CC2)cc1. The Labute approximate surface area is 439 Å². The number of hydrogen-bond donors (Lipinski definition) is 1. The molecular formula is C55H62FN7O9S3. The molecule has 6 aromatic rings. The van der Waals surface area contributed by atoms with Gasteiger partial charge in [0.1, 0.15) is 23.8 Å². The summed E-state index contributed by atoms with van der Waals surface area (Å²) in [7, 11) is -10.4. The van der Waals surface area contributed by atoms with Gasteiger partial charge >= 0.3 is 0 Å². The summed E-state index contributed by atoms with van der Waals surface area (Å²) >= 11 is 0. The van der Waals surface area contributed by atoms with Gasteiger partial charge in [0.2, 0.25) is 15.9 Å². The van der Waals surface area contributed by atoms with E-state index in [1.165, 1.54) is 72.9 Å². The zero-order valence-corrected chi connectivity index (χ0v) is 44.7. The van der Waals surface area contributed by atoms with Crippen LogP contribution in [0.2, 0.25) is 0 Å². The highest BCUT2D eigenvalue weighted by Gasteiger charge is 2.34. The van der Waals surface area contributed by atoms with Gasteiger partial charge in [0, 0.05) is 95.0 Å². The number of carbonyl (C=O) groups excluding carboxylic acids is 1. The van der Waals surface area contributed by atoms with E-state index in [4.69, 9.17) is 9.47 Å². The number of aryl methyl sites for hydroxylation is 1. The lowest BCUT2D eigenvalue weighted by molar-refractivity contribution is 0.0976. The molecule has 1 aliphatic carbocycles. The number of halogens is 1. The average molecular weight is 1080 g/mol. The molecule has 0 radical (unpaired) electrons. The summed E-state index contributed by atoms with van der Waals surface area (Å²) in [5.74, 6) is 0.0500. The smallest absolute Gasteiger partial charge is 0.261 e. The summed E-state index contributed by atoms with van der Waals surface area (Å²) in [4.78, 5) is 29.3. The number of sulfonamides is 2. The molecule has 3 fully saturated rings. The number of benzene rings is 4. The predicted molar refractivity (Wildman–Crippen MR) is 287 cm³/mol. The molecule has 3 aliphatic rings. The maximum atomic E-state index is 15.6. The highest BCUT2D eigenvalue weighted by molar-refractivity contribution is 7.93. The summed E-state index contributed by atoms with van der Waals surface area (Å²) in [5.41, 5.74) is 3.87. The number of nitrogens with one attached hydrogen (secondary N) is 1. The largest absolute Gasteiger partial charge is 0.489 e. The van der Waals surface area contributed by atoms with Crippen molar-refractivity contribution in [3.63, 3.8) is 0 Å². The molecule has 396 valence electrons. The Morgan fingerprint density at radius 1 is 0.733 bits per heavy atom. The van der Waals surface area contributed by atoms with Crippen molar-refractivity contribution in [3.8, 4) is 11.6 Å². The molecule has 1 saturated carbocycles. The Morgan fingerprint density at radius 3 is 2.04 bits per heavy atom. The lowest BCUT2D eigenvalue weighted by atomic mass is 10.0. The molecule has 16 nitrogen and oxygen atoms in total. The van der Waals surface area contributed by atoms with E-state index in [0.717, 1.165) is 74.3 Å². The molecule has 4 aromatic carbocycles. The molecule has 0 spiro atoms. The number of anilines is 4. The van der Waals surface area contributed by atoms with E-state index in [-0.39, 0.29) is 68.4 Å². The highest BCUT2D eigenvalue weighted by atomic mass is 32.2. The van der Waals surface area contributed by atoms with Gasteiger partial charge < -0.3 is 24.2 Å². The van der Waals surface area contributed by atoms with E-state index >= 15 is 4.39 Å². The lowest BCUT2D eigenvalue weighted by Crippen LogP contribution is -2.42. The molecule has 0 unspecified atom stereocenters. The molecule has 2 saturated heterocycles. The van der Waals surface area contributed by atoms with Crippen molar-refractivity contribution < 1.29 is 43.9 Å². The third-order valence-corrected chi connectivity index (χ3v) is 19.2. The number of nitrogens with zero attached hydrogens (tertiary/aromatic N) is 6. The van der Waals surface area contributed by atoms with Crippen LogP contribution in [0.25, 0.3) is 0 Å². The first-order valence-corrected chi connectivity index (χ1v) is 29.9. The van der Waals surface area contributed by atoms with E-state index in [0.29, 0.717) is 37.1 Å². The first-order valence-electron chi connectivity index (χ1n) is 25.3. The highest BCUT2D eigenvalue weighted by Crippen LogP contribution is 2.39. The van der Waals surface area contributed by atoms with Crippen LogP contribution in [-0.4, -0.2) is 103 Å². The molecule has 75 heavy (non-hydrogen) atoms. The quantitative estimate of drug-likeness (QED) is 0.0860. The summed E-state index contributed by atoms with van der Waals surface area (Å²) in [5, 5.41) is 0. The van der Waals surface area contributed by atoms with E-state index in [1.54, 1.807) is 47.8 Å². The molecule has 4 heterocycles. The maximum Gasteiger partial charge on any atom is 0.261 e. The molecule has 2 aromatic heterocycles. The Hall–Kier alpha value is -6.61. The summed E-state index contributed by atoms with van der Waals surface area (Å²) in [6.45, 7) is 5.56. The van der Waals surface area contributed by atoms with Crippen LogP contribution in [-0.2, 0) is 36.4 Å². The number of pyridine rings is 2. The third kappa shape index (κ3) is 12.1. The van der Waals surface area contributed by atoms with Gasteiger partial charge in [0.05, 0.1) is 49.4 Å². The monoisotopic (exact) mass is 1080 g/mol. The minimum absolute atomic E-state index is 0.00135. The standard InChI is InChI=1S/C55H62FN7O9S3/c1-4-73(65,66)46-21-23-47(24-22-46)74(67,68)59-50-15-7-14-49(56)53(50)62-34-28-44(29-35-62)72-54-41(10-8-31-58-54)38-60(3)75(69,70)48-19-17-40(18-20-48)55(64)63(42-11-5-6-12-42)52-36-39(2)16-25-51(52)61-32-26-43(27-33-61)71-45-13-9-30-57-37-45/h7-10,13-25,30-31,36-37,42-44,59H,4-6,11-12,26-29,32-35,38H2,1-3H3. The van der Waals surface area contributed by atoms with Gasteiger partial charge in [-0.05, 0) is 116 Å². The van der Waals surface area contributed by atoms with Crippen molar-refractivity contribution in [2.45, 2.75) is 105 Å². The molecule has 9 rings (SSSR count). The van der Waals surface area contributed by atoms with Crippen LogP contribution < -0.4 is 28.9 Å². The fourth-order valence-electron chi connectivity index (χ4n) is 10.1. The van der Waals surface area contributed by atoms with Crippen LogP contribution in [0, 0.1) is 12.7 Å². The van der Waals surface area contributed by atoms with Gasteiger partial charge in [-0.25, -0.2) is 34.6 Å². The number of hydrogen-bond acceptors (Lipinski definition) is 13. The lowest BCUT2D eigenvalue weighted by Gasteiger charge is -2.38. The van der Waals surface area contributed by atoms with Crippen molar-refractivity contribution in [1.82, 2.24) is 14.3 Å². The number of carbonyl (C=O) groups is 1. The van der Waals surface area contributed by atoms with E-state index < -0.39 is 35.7 Å². The van der Waals surface area contributed by atoms with Crippen molar-refractivity contribution in [2.24, 2.45) is 0 Å². The van der Waals surface area contributed by atoms with Crippen molar-refractivity contribution >= 4 is 58.5 Å². The Balaban J connectivity index is 0.844. The Bertz CT molecular complexity index is 3310. The van der Waals surface area contributed by atoms with Gasteiger partial charge in [0.25, 0.3) is 15.9 Å². The molecule has 1 amide bonds. The van der Waals surface area contributed by atoms with Crippen molar-refractivity contribution in [2.75, 3.05) is 58.4 Å². The molecule has 0 atom stereocenters. The van der Waals surface area contributed by atoms with Crippen LogP contribution in [0.15, 0.2) is 142 Å². The van der Waals surface area contributed by atoms with Gasteiger partial charge in [-0.15, -0.1) is 0 Å². The minimum Gasteiger partial charge on any atom is -0.489 e. The second-order valence-electron chi connectivity index (χ2n) is 19.3. The molecule has 0 bridgehead atoms. The number of rotatable bonds is 18. The van der Waals surface area contributed by atoms with Gasteiger partial charge in [0.15, 0.2) is 9.84 Å². The van der Waals surface area contributed by atoms with Crippen LogP contribution in [0.4, 0.5) is 27.1 Å². The molecule has 1 N–H and O–H groups in total. The molecule has 20 heteroatoms. The second kappa shape index (κ2) is 22.7. The Kier molecular flexibility index (Phi) is 16.1. The fraction of sp³-hybridized carbons (Fsp3) is 0.364. The first-order chi connectivity index (χ1) is 36.0. The van der Waals surface area contributed by atoms with E-state index in [9.17, 15) is 30.0 Å². The normalized spacial score (nSPS) is 16.3. The number of aromatic nitrogens is 2. The number of sulfone groups is 1.